The first-order valence-corrected chi connectivity index (χ1v) is 21.7. The first-order chi connectivity index (χ1) is 25.2. The molecule has 3 heterocycles. The van der Waals surface area contributed by atoms with Crippen LogP contribution in [0.15, 0.2) is 96.1 Å². The van der Waals surface area contributed by atoms with Crippen LogP contribution in [0.4, 0.5) is 15.5 Å². The van der Waals surface area contributed by atoms with E-state index in [1.807, 2.05) is 43.3 Å². The van der Waals surface area contributed by atoms with E-state index in [0.29, 0.717) is 42.0 Å². The van der Waals surface area contributed by atoms with Crippen LogP contribution in [0.5, 0.6) is 0 Å². The SMILES string of the molecule is CC(C)=CCC/C(C)=C/CN1C(=O)[C@]2(O[C@H](CC(=O)N3Cc4ccccc4C[C@H]3CO)[C@@H]([Si](C)(C)F)[C@@H]2C)c2cc(NC(=O)c3ccccc3)ccc21. The van der Waals surface area contributed by atoms with E-state index in [2.05, 4.69) is 38.2 Å². The third kappa shape index (κ3) is 7.68. The maximum Gasteiger partial charge on any atom is 0.264 e. The summed E-state index contributed by atoms with van der Waals surface area (Å²) < 4.78 is 23.6. The van der Waals surface area contributed by atoms with Crippen LogP contribution in [0.25, 0.3) is 0 Å². The molecule has 280 valence electrons. The number of fused-ring (bicyclic) bond motifs is 3. The van der Waals surface area contributed by atoms with Crippen molar-refractivity contribution in [2.75, 3.05) is 23.4 Å². The van der Waals surface area contributed by atoms with Gasteiger partial charge in [0.05, 0.1) is 30.9 Å². The summed E-state index contributed by atoms with van der Waals surface area (Å²) in [5.74, 6) is -1.44. The maximum atomic E-state index is 16.6. The van der Waals surface area contributed by atoms with Gasteiger partial charge in [0, 0.05) is 41.4 Å². The van der Waals surface area contributed by atoms with Crippen molar-refractivity contribution in [3.8, 4) is 0 Å². The summed E-state index contributed by atoms with van der Waals surface area (Å²) in [6.07, 6.45) is 5.53. The molecule has 0 saturated carbocycles. The molecule has 0 aliphatic carbocycles. The first-order valence-electron chi connectivity index (χ1n) is 18.7. The molecule has 3 aromatic rings. The van der Waals surface area contributed by atoms with Gasteiger partial charge in [-0.1, -0.05) is 72.7 Å². The summed E-state index contributed by atoms with van der Waals surface area (Å²) in [5, 5.41) is 13.3. The largest absolute Gasteiger partial charge is 0.394 e. The number of nitrogens with one attached hydrogen (secondary N) is 1. The molecule has 3 aliphatic rings. The number of hydrogen-bond donors (Lipinski definition) is 2. The molecule has 0 bridgehead atoms. The van der Waals surface area contributed by atoms with Gasteiger partial charge in [-0.05, 0) is 94.6 Å². The van der Waals surface area contributed by atoms with Crippen molar-refractivity contribution >= 4 is 37.5 Å². The topological polar surface area (TPSA) is 99.2 Å². The Hall–Kier alpha value is -4.38. The number of carbonyl (C=O) groups excluding carboxylic acids is 3. The van der Waals surface area contributed by atoms with E-state index in [1.54, 1.807) is 59.3 Å². The van der Waals surface area contributed by atoms with E-state index in [1.165, 1.54) is 5.57 Å². The predicted molar refractivity (Wildman–Crippen MR) is 210 cm³/mol. The number of carbonyl (C=O) groups is 3. The van der Waals surface area contributed by atoms with Crippen molar-refractivity contribution in [2.45, 2.75) is 96.3 Å². The summed E-state index contributed by atoms with van der Waals surface area (Å²) in [6, 6.07) is 21.8. The molecule has 0 aromatic heterocycles. The second-order valence-electron chi connectivity index (χ2n) is 15.6. The van der Waals surface area contributed by atoms with Crippen molar-refractivity contribution in [3.05, 3.63) is 118 Å². The Morgan fingerprint density at radius 1 is 1.02 bits per heavy atom. The van der Waals surface area contributed by atoms with Crippen LogP contribution in [0.1, 0.15) is 74.0 Å². The Bertz CT molecular complexity index is 1920. The highest BCUT2D eigenvalue weighted by atomic mass is 28.4. The van der Waals surface area contributed by atoms with Crippen LogP contribution < -0.4 is 10.2 Å². The fraction of sp³-hybridized carbons (Fsp3) is 0.419. The number of hydrogen-bond acceptors (Lipinski definition) is 5. The van der Waals surface area contributed by atoms with Gasteiger partial charge in [-0.3, -0.25) is 14.4 Å². The van der Waals surface area contributed by atoms with Crippen molar-refractivity contribution in [1.29, 1.82) is 0 Å². The second-order valence-corrected chi connectivity index (χ2v) is 19.4. The molecule has 6 rings (SSSR count). The lowest BCUT2D eigenvalue weighted by atomic mass is 9.82. The summed E-state index contributed by atoms with van der Waals surface area (Å²) in [7, 11) is -3.56. The molecule has 10 heteroatoms. The third-order valence-electron chi connectivity index (χ3n) is 11.2. The first kappa shape index (κ1) is 38.3. The van der Waals surface area contributed by atoms with Crippen molar-refractivity contribution in [3.63, 3.8) is 0 Å². The maximum absolute atomic E-state index is 16.6. The van der Waals surface area contributed by atoms with Gasteiger partial charge in [0.15, 0.2) is 5.60 Å². The van der Waals surface area contributed by atoms with E-state index in [4.69, 9.17) is 4.74 Å². The molecule has 3 aliphatic heterocycles. The number of ether oxygens (including phenoxy) is 1. The molecule has 5 atom stereocenters. The number of benzene rings is 3. The monoisotopic (exact) mass is 737 g/mol. The molecule has 53 heavy (non-hydrogen) atoms. The van der Waals surface area contributed by atoms with Crippen LogP contribution in [0.2, 0.25) is 18.6 Å². The number of aliphatic hydroxyl groups excluding tert-OH is 1. The van der Waals surface area contributed by atoms with Crippen molar-refractivity contribution < 1.29 is 28.3 Å². The second kappa shape index (κ2) is 15.5. The van der Waals surface area contributed by atoms with Gasteiger partial charge in [-0.15, -0.1) is 0 Å². The minimum absolute atomic E-state index is 0.119. The Morgan fingerprint density at radius 3 is 2.40 bits per heavy atom. The van der Waals surface area contributed by atoms with Gasteiger partial charge >= 0.3 is 0 Å². The van der Waals surface area contributed by atoms with Crippen molar-refractivity contribution in [2.24, 2.45) is 5.92 Å². The zero-order valence-corrected chi connectivity index (χ0v) is 32.7. The van der Waals surface area contributed by atoms with Crippen LogP contribution in [0.3, 0.4) is 0 Å². The lowest BCUT2D eigenvalue weighted by molar-refractivity contribution is -0.150. The minimum atomic E-state index is -3.56. The molecule has 0 radical (unpaired) electrons. The smallest absolute Gasteiger partial charge is 0.264 e. The van der Waals surface area contributed by atoms with E-state index in [0.717, 1.165) is 29.5 Å². The number of halogens is 1. The summed E-state index contributed by atoms with van der Waals surface area (Å²) in [6.45, 7) is 11.8. The number of rotatable bonds is 11. The molecular formula is C43H52FN3O5Si. The van der Waals surface area contributed by atoms with Crippen LogP contribution in [-0.4, -0.2) is 61.4 Å². The molecule has 0 unspecified atom stereocenters. The lowest BCUT2D eigenvalue weighted by Gasteiger charge is -2.37. The molecule has 2 N–H and O–H groups in total. The van der Waals surface area contributed by atoms with Crippen LogP contribution >= 0.6 is 0 Å². The Morgan fingerprint density at radius 2 is 1.72 bits per heavy atom. The highest BCUT2D eigenvalue weighted by molar-refractivity contribution is 6.72. The normalized spacial score (nSPS) is 23.9. The molecule has 8 nitrogen and oxygen atoms in total. The molecule has 1 spiro atoms. The van der Waals surface area contributed by atoms with E-state index >= 15 is 4.11 Å². The third-order valence-corrected chi connectivity index (χ3v) is 13.7. The molecule has 3 aromatic carbocycles. The fourth-order valence-electron chi connectivity index (χ4n) is 8.57. The molecule has 1 fully saturated rings. The standard InChI is InChI=1S/C43H52FN3O5Si/c1-28(2)13-12-14-29(3)21-22-46-37-20-19-34(45-41(50)31-15-8-7-9-16-31)24-36(37)43(42(46)51)30(4)40(53(5,6)44)38(52-43)25-39(49)47-26-33-18-11-10-17-32(33)23-35(47)27-48/h7-11,13,15-21,24,30,35,38,40,48H,12,14,22-23,25-27H2,1-6H3,(H,45,50)/b29-21+/t30-,35-,38+,40-,43+/m0/s1. The predicted octanol–water partition coefficient (Wildman–Crippen LogP) is 8.09. The number of anilines is 2. The van der Waals surface area contributed by atoms with Crippen molar-refractivity contribution in [1.82, 2.24) is 4.90 Å². The Kier molecular flexibility index (Phi) is 11.2. The lowest BCUT2D eigenvalue weighted by Crippen LogP contribution is -2.48. The van der Waals surface area contributed by atoms with E-state index < -0.39 is 37.6 Å². The Balaban J connectivity index is 1.36. The average molecular weight is 738 g/mol. The molecular weight excluding hydrogens is 686 g/mol. The highest BCUT2D eigenvalue weighted by Crippen LogP contribution is 2.60. The molecule has 1 saturated heterocycles. The zero-order chi connectivity index (χ0) is 38.1. The number of amides is 3. The van der Waals surface area contributed by atoms with Crippen LogP contribution in [-0.2, 0) is 32.9 Å². The average Bonchev–Trinajstić information content (AvgIpc) is 3.55. The summed E-state index contributed by atoms with van der Waals surface area (Å²) in [4.78, 5) is 45.8. The number of aliphatic hydroxyl groups is 1. The van der Waals surface area contributed by atoms with E-state index in [-0.39, 0.29) is 30.7 Å². The minimum Gasteiger partial charge on any atom is -0.394 e. The zero-order valence-electron chi connectivity index (χ0n) is 31.7. The highest BCUT2D eigenvalue weighted by Gasteiger charge is 2.67. The quantitative estimate of drug-likeness (QED) is 0.118. The van der Waals surface area contributed by atoms with E-state index in [9.17, 15) is 19.5 Å². The van der Waals surface area contributed by atoms with Gasteiger partial charge in [0.2, 0.25) is 14.3 Å². The number of allylic oxidation sites excluding steroid dienone is 3. The van der Waals surface area contributed by atoms with Crippen LogP contribution in [0, 0.1) is 5.92 Å². The van der Waals surface area contributed by atoms with Gasteiger partial charge in [0.25, 0.3) is 11.8 Å². The van der Waals surface area contributed by atoms with Gasteiger partial charge in [-0.25, -0.2) is 0 Å². The summed E-state index contributed by atoms with van der Waals surface area (Å²) >= 11 is 0. The Labute approximate surface area is 313 Å². The van der Waals surface area contributed by atoms with Gasteiger partial charge < -0.3 is 29.1 Å². The number of nitrogens with zero attached hydrogens (tertiary/aromatic N) is 2. The summed E-state index contributed by atoms with van der Waals surface area (Å²) in [5.41, 5.74) is 4.45. The van der Waals surface area contributed by atoms with Gasteiger partial charge in [0.1, 0.15) is 0 Å². The fourth-order valence-corrected chi connectivity index (χ4v) is 11.1. The molecule has 3 amide bonds. The van der Waals surface area contributed by atoms with Gasteiger partial charge in [-0.2, -0.15) is 0 Å².